The molecule has 0 aliphatic rings. The number of thiophene rings is 1. The Labute approximate surface area is 116 Å². The maximum Gasteiger partial charge on any atom is 0.252 e. The molecule has 1 amide bonds. The van der Waals surface area contributed by atoms with Crippen LogP contribution in [0, 0.1) is 6.92 Å². The van der Waals surface area contributed by atoms with Crippen molar-refractivity contribution in [3.05, 3.63) is 52.0 Å². The molecule has 1 N–H and O–H groups in total. The van der Waals surface area contributed by atoms with Gasteiger partial charge in [-0.1, -0.05) is 0 Å². The fourth-order valence-corrected chi connectivity index (χ4v) is 2.67. The van der Waals surface area contributed by atoms with Gasteiger partial charge in [-0.3, -0.25) is 9.78 Å². The zero-order valence-electron chi connectivity index (χ0n) is 10.9. The molecule has 0 aliphatic carbocycles. The van der Waals surface area contributed by atoms with Gasteiger partial charge in [0.2, 0.25) is 0 Å². The summed E-state index contributed by atoms with van der Waals surface area (Å²) in [5.74, 6) is -0.136. The van der Waals surface area contributed by atoms with Gasteiger partial charge in [-0.15, -0.1) is 11.3 Å². The first-order valence-electron chi connectivity index (χ1n) is 5.98. The van der Waals surface area contributed by atoms with E-state index in [1.165, 1.54) is 4.88 Å². The third-order valence-electron chi connectivity index (χ3n) is 2.73. The predicted octanol–water partition coefficient (Wildman–Crippen LogP) is 2.57. The Bertz CT molecular complexity index is 539. The topological polar surface area (TPSA) is 51.2 Å². The van der Waals surface area contributed by atoms with Crippen molar-refractivity contribution >= 4 is 17.2 Å². The number of hydrogen-bond acceptors (Lipinski definition) is 4. The molecule has 0 aromatic carbocycles. The largest absolute Gasteiger partial charge is 0.374 e. The number of methoxy groups -OCH3 is 1. The molecule has 2 aromatic heterocycles. The molecule has 0 radical (unpaired) electrons. The molecule has 2 rings (SSSR count). The summed E-state index contributed by atoms with van der Waals surface area (Å²) < 4.78 is 5.42. The van der Waals surface area contributed by atoms with Crippen molar-refractivity contribution in [1.82, 2.24) is 10.3 Å². The van der Waals surface area contributed by atoms with Crippen LogP contribution in [0.3, 0.4) is 0 Å². The lowest BCUT2D eigenvalue weighted by Gasteiger charge is -2.14. The quantitative estimate of drug-likeness (QED) is 0.913. The Balaban J connectivity index is 1.95. The first kappa shape index (κ1) is 13.7. The van der Waals surface area contributed by atoms with Gasteiger partial charge in [0, 0.05) is 35.8 Å². The Morgan fingerprint density at radius 3 is 2.89 bits per heavy atom. The van der Waals surface area contributed by atoms with E-state index in [0.29, 0.717) is 12.1 Å². The number of aryl methyl sites for hydroxylation is 1. The van der Waals surface area contributed by atoms with Crippen molar-refractivity contribution in [1.29, 1.82) is 0 Å². The smallest absolute Gasteiger partial charge is 0.252 e. The molecule has 2 heterocycles. The summed E-state index contributed by atoms with van der Waals surface area (Å²) in [6, 6.07) is 7.56. The molecule has 19 heavy (non-hydrogen) atoms. The number of ether oxygens (including phenoxy) is 1. The Morgan fingerprint density at radius 1 is 1.47 bits per heavy atom. The fourth-order valence-electron chi connectivity index (χ4n) is 1.71. The van der Waals surface area contributed by atoms with Crippen LogP contribution < -0.4 is 5.32 Å². The summed E-state index contributed by atoms with van der Waals surface area (Å²) in [5.41, 5.74) is 0.555. The van der Waals surface area contributed by atoms with Gasteiger partial charge >= 0.3 is 0 Å². The molecular weight excluding hydrogens is 260 g/mol. The average molecular weight is 276 g/mol. The molecule has 0 spiro atoms. The zero-order chi connectivity index (χ0) is 13.7. The van der Waals surface area contributed by atoms with E-state index in [9.17, 15) is 4.79 Å². The van der Waals surface area contributed by atoms with Crippen molar-refractivity contribution in [2.45, 2.75) is 13.0 Å². The van der Waals surface area contributed by atoms with E-state index >= 15 is 0 Å². The summed E-state index contributed by atoms with van der Waals surface area (Å²) in [6.45, 7) is 2.50. The SMILES string of the molecule is COC(CNC(=O)c1cccnc1)c1ccc(C)s1. The number of pyridine rings is 1. The van der Waals surface area contributed by atoms with Gasteiger partial charge in [-0.05, 0) is 31.2 Å². The van der Waals surface area contributed by atoms with Gasteiger partial charge in [-0.2, -0.15) is 0 Å². The summed E-state index contributed by atoms with van der Waals surface area (Å²) in [6.07, 6.45) is 3.08. The second-order valence-corrected chi connectivity index (χ2v) is 5.44. The highest BCUT2D eigenvalue weighted by Crippen LogP contribution is 2.24. The number of rotatable bonds is 5. The lowest BCUT2D eigenvalue weighted by Crippen LogP contribution is -2.28. The minimum Gasteiger partial charge on any atom is -0.374 e. The van der Waals surface area contributed by atoms with Crippen molar-refractivity contribution < 1.29 is 9.53 Å². The van der Waals surface area contributed by atoms with Crippen LogP contribution in [0.15, 0.2) is 36.7 Å². The fraction of sp³-hybridized carbons (Fsp3) is 0.286. The molecule has 0 bridgehead atoms. The number of nitrogens with zero attached hydrogens (tertiary/aromatic N) is 1. The monoisotopic (exact) mass is 276 g/mol. The van der Waals surface area contributed by atoms with Crippen LogP contribution in [-0.4, -0.2) is 24.5 Å². The molecule has 0 saturated heterocycles. The number of carbonyl (C=O) groups is 1. The highest BCUT2D eigenvalue weighted by molar-refractivity contribution is 7.12. The van der Waals surface area contributed by atoms with Gasteiger partial charge in [0.15, 0.2) is 0 Å². The van der Waals surface area contributed by atoms with E-state index in [4.69, 9.17) is 4.74 Å². The van der Waals surface area contributed by atoms with E-state index in [2.05, 4.69) is 23.3 Å². The van der Waals surface area contributed by atoms with Crippen LogP contribution in [0.2, 0.25) is 0 Å². The first-order valence-corrected chi connectivity index (χ1v) is 6.79. The zero-order valence-corrected chi connectivity index (χ0v) is 11.7. The third-order valence-corrected chi connectivity index (χ3v) is 3.83. The van der Waals surface area contributed by atoms with Crippen molar-refractivity contribution in [2.75, 3.05) is 13.7 Å². The molecule has 2 aromatic rings. The highest BCUT2D eigenvalue weighted by Gasteiger charge is 2.14. The van der Waals surface area contributed by atoms with Crippen LogP contribution in [0.25, 0.3) is 0 Å². The van der Waals surface area contributed by atoms with Crippen molar-refractivity contribution in [3.63, 3.8) is 0 Å². The van der Waals surface area contributed by atoms with Gasteiger partial charge < -0.3 is 10.1 Å². The lowest BCUT2D eigenvalue weighted by atomic mass is 10.2. The second-order valence-electron chi connectivity index (χ2n) is 4.12. The summed E-state index contributed by atoms with van der Waals surface area (Å²) in [7, 11) is 1.65. The lowest BCUT2D eigenvalue weighted by molar-refractivity contribution is 0.0837. The summed E-state index contributed by atoms with van der Waals surface area (Å²) in [4.78, 5) is 18.2. The maximum absolute atomic E-state index is 11.9. The molecule has 4 nitrogen and oxygen atoms in total. The average Bonchev–Trinajstić information content (AvgIpc) is 2.87. The van der Waals surface area contributed by atoms with Crippen LogP contribution in [0.5, 0.6) is 0 Å². The van der Waals surface area contributed by atoms with Crippen LogP contribution in [0.4, 0.5) is 0 Å². The van der Waals surface area contributed by atoms with E-state index in [-0.39, 0.29) is 12.0 Å². The van der Waals surface area contributed by atoms with Crippen LogP contribution in [0.1, 0.15) is 26.2 Å². The molecule has 0 aliphatic heterocycles. The molecule has 0 fully saturated rings. The number of amides is 1. The molecular formula is C14H16N2O2S. The summed E-state index contributed by atoms with van der Waals surface area (Å²) in [5, 5.41) is 2.86. The molecule has 100 valence electrons. The maximum atomic E-state index is 11.9. The minimum absolute atomic E-state index is 0.112. The van der Waals surface area contributed by atoms with Crippen molar-refractivity contribution in [3.8, 4) is 0 Å². The summed E-state index contributed by atoms with van der Waals surface area (Å²) >= 11 is 1.68. The van der Waals surface area contributed by atoms with Gasteiger partial charge in [0.05, 0.1) is 5.56 Å². The van der Waals surface area contributed by atoms with Gasteiger partial charge in [-0.25, -0.2) is 0 Å². The number of nitrogens with one attached hydrogen (secondary N) is 1. The first-order chi connectivity index (χ1) is 9.20. The van der Waals surface area contributed by atoms with Crippen molar-refractivity contribution in [2.24, 2.45) is 0 Å². The van der Waals surface area contributed by atoms with Crippen LogP contribution in [-0.2, 0) is 4.74 Å². The molecule has 0 saturated carbocycles. The standard InChI is InChI=1S/C14H16N2O2S/c1-10-5-6-13(19-10)12(18-2)9-16-14(17)11-4-3-7-15-8-11/h3-8,12H,9H2,1-2H3,(H,16,17). The molecule has 1 atom stereocenters. The normalized spacial score (nSPS) is 12.1. The number of aromatic nitrogens is 1. The molecule has 5 heteroatoms. The Hall–Kier alpha value is -1.72. The third kappa shape index (κ3) is 3.62. The predicted molar refractivity (Wildman–Crippen MR) is 75.4 cm³/mol. The van der Waals surface area contributed by atoms with E-state index < -0.39 is 0 Å². The minimum atomic E-state index is -0.136. The van der Waals surface area contributed by atoms with Gasteiger partial charge in [0.25, 0.3) is 5.91 Å². The van der Waals surface area contributed by atoms with E-state index in [1.807, 2.05) is 6.07 Å². The van der Waals surface area contributed by atoms with E-state index in [1.54, 1.807) is 43.0 Å². The highest BCUT2D eigenvalue weighted by atomic mass is 32.1. The Kier molecular flexibility index (Phi) is 4.65. The van der Waals surface area contributed by atoms with Gasteiger partial charge in [0.1, 0.15) is 6.10 Å². The number of carbonyl (C=O) groups excluding carboxylic acids is 1. The number of hydrogen-bond donors (Lipinski definition) is 1. The molecule has 1 unspecified atom stereocenters. The van der Waals surface area contributed by atoms with E-state index in [0.717, 1.165) is 4.88 Å². The Morgan fingerprint density at radius 2 is 2.32 bits per heavy atom. The van der Waals surface area contributed by atoms with Crippen LogP contribution >= 0.6 is 11.3 Å². The second kappa shape index (κ2) is 6.45.